The molecule has 0 heterocycles. The Morgan fingerprint density at radius 1 is 1.00 bits per heavy atom. The molecule has 2 N–H and O–H groups in total. The number of rotatable bonds is 4. The van der Waals surface area contributed by atoms with Crippen molar-refractivity contribution in [2.75, 3.05) is 5.48 Å². The van der Waals surface area contributed by atoms with Crippen molar-refractivity contribution in [2.24, 2.45) is 0 Å². The Morgan fingerprint density at radius 3 is 2.00 bits per heavy atom. The van der Waals surface area contributed by atoms with Gasteiger partial charge in [0.05, 0.1) is 16.1 Å². The van der Waals surface area contributed by atoms with Gasteiger partial charge >= 0.3 is 12.3 Å². The first-order valence-corrected chi connectivity index (χ1v) is 9.13. The summed E-state index contributed by atoms with van der Waals surface area (Å²) < 4.78 is 63.7. The van der Waals surface area contributed by atoms with Crippen molar-refractivity contribution in [1.29, 1.82) is 0 Å². The second-order valence-corrected chi connectivity index (χ2v) is 7.54. The summed E-state index contributed by atoms with van der Waals surface area (Å²) >= 11 is 0. The zero-order chi connectivity index (χ0) is 20.4. The molecule has 0 bridgehead atoms. The number of anilines is 1. The van der Waals surface area contributed by atoms with Crippen LogP contribution in [-0.2, 0) is 21.0 Å². The predicted octanol–water partition coefficient (Wildman–Crippen LogP) is 4.07. The molecule has 146 valence electrons. The van der Waals surface area contributed by atoms with Crippen LogP contribution in [0.25, 0.3) is 0 Å². The van der Waals surface area contributed by atoms with Gasteiger partial charge in [0, 0.05) is 0 Å². The SMILES string of the molecule is Cc1cc(S(=O)(=O)NC(=O)ONc2ccc(C(F)(F)F)cc2)cc(C)c1C. The molecule has 10 heteroatoms. The maximum atomic E-state index is 12.5. The minimum Gasteiger partial charge on any atom is -0.324 e. The number of aryl methyl sites for hydroxylation is 2. The first-order valence-electron chi connectivity index (χ1n) is 7.65. The lowest BCUT2D eigenvalue weighted by molar-refractivity contribution is -0.137. The highest BCUT2D eigenvalue weighted by molar-refractivity contribution is 7.90. The van der Waals surface area contributed by atoms with Crippen molar-refractivity contribution in [3.05, 3.63) is 58.7 Å². The second-order valence-electron chi connectivity index (χ2n) is 5.85. The molecule has 0 aliphatic rings. The van der Waals surface area contributed by atoms with E-state index in [1.54, 1.807) is 18.6 Å². The fraction of sp³-hybridized carbons (Fsp3) is 0.235. The van der Waals surface area contributed by atoms with Gasteiger partial charge in [-0.2, -0.15) is 13.2 Å². The molecule has 0 fully saturated rings. The van der Waals surface area contributed by atoms with E-state index in [9.17, 15) is 26.4 Å². The van der Waals surface area contributed by atoms with E-state index in [0.29, 0.717) is 0 Å². The van der Waals surface area contributed by atoms with Crippen LogP contribution in [0.3, 0.4) is 0 Å². The van der Waals surface area contributed by atoms with E-state index >= 15 is 0 Å². The van der Waals surface area contributed by atoms with E-state index in [0.717, 1.165) is 41.0 Å². The molecule has 0 unspecified atom stereocenters. The monoisotopic (exact) mass is 402 g/mol. The van der Waals surface area contributed by atoms with Crippen molar-refractivity contribution >= 4 is 21.8 Å². The van der Waals surface area contributed by atoms with Gasteiger partial charge in [-0.3, -0.25) is 0 Å². The van der Waals surface area contributed by atoms with Crippen LogP contribution in [-0.4, -0.2) is 14.5 Å². The molecule has 0 aliphatic carbocycles. The highest BCUT2D eigenvalue weighted by atomic mass is 32.2. The Balaban J connectivity index is 2.03. The van der Waals surface area contributed by atoms with Crippen LogP contribution in [0.1, 0.15) is 22.3 Å². The molecule has 0 atom stereocenters. The van der Waals surface area contributed by atoms with E-state index < -0.39 is 27.9 Å². The minimum absolute atomic E-state index is 0.0394. The smallest absolute Gasteiger partial charge is 0.324 e. The first-order chi connectivity index (χ1) is 12.4. The Kier molecular flexibility index (Phi) is 5.69. The summed E-state index contributed by atoms with van der Waals surface area (Å²) in [5.74, 6) is 0. The van der Waals surface area contributed by atoms with E-state index in [1.807, 2.05) is 6.92 Å². The van der Waals surface area contributed by atoms with Gasteiger partial charge in [-0.1, -0.05) is 0 Å². The lowest BCUT2D eigenvalue weighted by Gasteiger charge is -2.12. The Labute approximate surface area is 154 Å². The van der Waals surface area contributed by atoms with Gasteiger partial charge in [0.25, 0.3) is 10.0 Å². The third-order valence-electron chi connectivity index (χ3n) is 3.90. The number of hydrogen-bond acceptors (Lipinski definition) is 5. The van der Waals surface area contributed by atoms with Crippen molar-refractivity contribution in [3.8, 4) is 0 Å². The van der Waals surface area contributed by atoms with Crippen molar-refractivity contribution in [1.82, 2.24) is 4.72 Å². The predicted molar refractivity (Wildman–Crippen MR) is 92.5 cm³/mol. The Morgan fingerprint density at radius 2 is 1.52 bits per heavy atom. The second kappa shape index (κ2) is 7.47. The largest absolute Gasteiger partial charge is 0.445 e. The summed E-state index contributed by atoms with van der Waals surface area (Å²) in [6.07, 6.45) is -5.82. The van der Waals surface area contributed by atoms with Gasteiger partial charge in [-0.15, -0.1) is 0 Å². The average molecular weight is 402 g/mol. The van der Waals surface area contributed by atoms with Crippen molar-refractivity contribution in [2.45, 2.75) is 31.8 Å². The van der Waals surface area contributed by atoms with Gasteiger partial charge in [-0.25, -0.2) is 23.4 Å². The molecule has 0 radical (unpaired) electrons. The molecule has 6 nitrogen and oxygen atoms in total. The number of carbonyl (C=O) groups excluding carboxylic acids is 1. The summed E-state index contributed by atoms with van der Waals surface area (Å²) in [4.78, 5) is 16.1. The molecule has 2 aromatic rings. The number of carbonyl (C=O) groups is 1. The maximum Gasteiger partial charge on any atom is 0.445 e. The highest BCUT2D eigenvalue weighted by Gasteiger charge is 2.30. The molecule has 0 spiro atoms. The number of amides is 1. The van der Waals surface area contributed by atoms with E-state index in [2.05, 4.69) is 10.3 Å². The molecule has 0 aliphatic heterocycles. The summed E-state index contributed by atoms with van der Waals surface area (Å²) in [6.45, 7) is 5.33. The minimum atomic E-state index is -4.49. The third-order valence-corrected chi connectivity index (χ3v) is 5.19. The van der Waals surface area contributed by atoms with Gasteiger partial charge in [-0.05, 0) is 73.9 Å². The summed E-state index contributed by atoms with van der Waals surface area (Å²) in [7, 11) is -4.17. The molecular weight excluding hydrogens is 385 g/mol. The van der Waals surface area contributed by atoms with E-state index in [1.165, 1.54) is 12.1 Å². The molecule has 2 aromatic carbocycles. The lowest BCUT2D eigenvalue weighted by atomic mass is 10.1. The first kappa shape index (κ1) is 20.6. The molecule has 2 rings (SSSR count). The summed E-state index contributed by atoms with van der Waals surface area (Å²) in [5, 5.41) is 0. The van der Waals surface area contributed by atoms with Gasteiger partial charge in [0.2, 0.25) is 0 Å². The fourth-order valence-corrected chi connectivity index (χ4v) is 3.22. The quantitative estimate of drug-likeness (QED) is 0.753. The summed E-state index contributed by atoms with van der Waals surface area (Å²) in [6, 6.07) is 6.49. The van der Waals surface area contributed by atoms with Gasteiger partial charge in [0.15, 0.2) is 0 Å². The molecular formula is C17H17F3N2O4S. The average Bonchev–Trinajstić information content (AvgIpc) is 2.56. The maximum absolute atomic E-state index is 12.5. The lowest BCUT2D eigenvalue weighted by Crippen LogP contribution is -2.32. The molecule has 1 amide bonds. The number of benzene rings is 2. The van der Waals surface area contributed by atoms with Crippen LogP contribution in [0.4, 0.5) is 23.7 Å². The standard InChI is InChI=1S/C17H17F3N2O4S/c1-10-8-15(9-11(2)12(10)3)27(24,25)22-16(23)26-21-14-6-4-13(5-7-14)17(18,19)20/h4-9,21H,1-3H3,(H,22,23). The van der Waals surface area contributed by atoms with Crippen LogP contribution in [0.2, 0.25) is 0 Å². The number of alkyl halides is 3. The zero-order valence-electron chi connectivity index (χ0n) is 14.6. The molecule has 0 saturated heterocycles. The Hall–Kier alpha value is -2.75. The Bertz CT molecular complexity index is 932. The van der Waals surface area contributed by atoms with Gasteiger partial charge in [0.1, 0.15) is 0 Å². The molecule has 0 saturated carbocycles. The topological polar surface area (TPSA) is 84.5 Å². The normalized spacial score (nSPS) is 11.8. The number of halogens is 3. The third kappa shape index (κ3) is 5.13. The van der Waals surface area contributed by atoms with E-state index in [-0.39, 0.29) is 10.6 Å². The fourth-order valence-electron chi connectivity index (χ4n) is 2.17. The van der Waals surface area contributed by atoms with Crippen LogP contribution >= 0.6 is 0 Å². The number of sulfonamides is 1. The highest BCUT2D eigenvalue weighted by Crippen LogP contribution is 2.29. The molecule has 0 aromatic heterocycles. The van der Waals surface area contributed by atoms with E-state index in [4.69, 9.17) is 0 Å². The van der Waals surface area contributed by atoms with Crippen molar-refractivity contribution < 1.29 is 31.2 Å². The van der Waals surface area contributed by atoms with Crippen molar-refractivity contribution in [3.63, 3.8) is 0 Å². The summed E-state index contributed by atoms with van der Waals surface area (Å²) in [5.41, 5.74) is 3.67. The van der Waals surface area contributed by atoms with Crippen LogP contribution in [0.15, 0.2) is 41.3 Å². The van der Waals surface area contributed by atoms with Crippen LogP contribution in [0, 0.1) is 20.8 Å². The van der Waals surface area contributed by atoms with Crippen LogP contribution in [0.5, 0.6) is 0 Å². The number of nitrogens with one attached hydrogen (secondary N) is 2. The van der Waals surface area contributed by atoms with Crippen LogP contribution < -0.4 is 10.2 Å². The number of hydrogen-bond donors (Lipinski definition) is 2. The zero-order valence-corrected chi connectivity index (χ0v) is 15.5. The molecule has 27 heavy (non-hydrogen) atoms. The van der Waals surface area contributed by atoms with Gasteiger partial charge < -0.3 is 4.84 Å².